The third-order valence-electron chi connectivity index (χ3n) is 9.18. The highest BCUT2D eigenvalue weighted by atomic mass is 16.4. The molecule has 6 aromatic rings. The zero-order valence-corrected chi connectivity index (χ0v) is 25.8. The van der Waals surface area contributed by atoms with Crippen molar-refractivity contribution >= 4 is 17.7 Å². The molecule has 0 heterocycles. The molecule has 3 aliphatic carbocycles. The van der Waals surface area contributed by atoms with E-state index in [0.29, 0.717) is 22.3 Å². The van der Waals surface area contributed by atoms with E-state index in [1.807, 2.05) is 54.6 Å². The van der Waals surface area contributed by atoms with Crippen molar-refractivity contribution in [3.63, 3.8) is 0 Å². The predicted octanol–water partition coefficient (Wildman–Crippen LogP) is 8.30. The Kier molecular flexibility index (Phi) is 8.01. The van der Waals surface area contributed by atoms with Gasteiger partial charge < -0.3 is 15.3 Å². The van der Waals surface area contributed by atoms with Crippen molar-refractivity contribution < 1.29 is 29.7 Å². The fraction of sp³-hybridized carbons (Fsp3) is 0.0714. The van der Waals surface area contributed by atoms with Crippen LogP contribution in [-0.2, 0) is 19.4 Å². The lowest BCUT2D eigenvalue weighted by Crippen LogP contribution is -2.06. The van der Waals surface area contributed by atoms with E-state index in [2.05, 4.69) is 36.4 Å². The number of ketones is 1. The minimum absolute atomic E-state index is 0.0729. The van der Waals surface area contributed by atoms with Crippen molar-refractivity contribution in [2.45, 2.75) is 19.4 Å². The highest BCUT2D eigenvalue weighted by Crippen LogP contribution is 2.40. The van der Waals surface area contributed by atoms with Crippen molar-refractivity contribution in [2.75, 3.05) is 0 Å². The van der Waals surface area contributed by atoms with Gasteiger partial charge in [0, 0.05) is 11.1 Å². The number of aliphatic hydroxyl groups excluding tert-OH is 1. The molecule has 0 spiro atoms. The first-order chi connectivity index (χ1) is 23.4. The molecule has 3 aliphatic rings. The maximum atomic E-state index is 12.1. The molecule has 0 amide bonds. The summed E-state index contributed by atoms with van der Waals surface area (Å²) in [5.74, 6) is -2.11. The van der Waals surface area contributed by atoms with Gasteiger partial charge in [0.05, 0.1) is 17.7 Å². The van der Waals surface area contributed by atoms with Gasteiger partial charge in [-0.2, -0.15) is 0 Å². The second-order valence-electron chi connectivity index (χ2n) is 11.8. The van der Waals surface area contributed by atoms with Crippen LogP contribution in [0, 0.1) is 0 Å². The van der Waals surface area contributed by atoms with Gasteiger partial charge in [-0.3, -0.25) is 4.79 Å². The lowest BCUT2D eigenvalue weighted by Gasteiger charge is -2.04. The summed E-state index contributed by atoms with van der Waals surface area (Å²) in [6.07, 6.45) is 1.69. The van der Waals surface area contributed by atoms with Crippen molar-refractivity contribution in [1.29, 1.82) is 0 Å². The first-order valence-corrected chi connectivity index (χ1v) is 15.6. The average Bonchev–Trinajstić information content (AvgIpc) is 3.78. The molecule has 0 aliphatic heterocycles. The van der Waals surface area contributed by atoms with Gasteiger partial charge in [-0.15, -0.1) is 0 Å². The molecule has 0 aromatic heterocycles. The largest absolute Gasteiger partial charge is 0.478 e. The summed E-state index contributed by atoms with van der Waals surface area (Å²) in [5, 5.41) is 27.5. The fourth-order valence-corrected chi connectivity index (χ4v) is 6.98. The SMILES string of the molecule is O=C(O)c1cccc2c1C(=O)c1ccccc1-2.O=C(O)c1cccc2c1Cc1ccccc1-2.OCc1cccc2c1Cc1ccccc1-2. The number of hydrogen-bond donors (Lipinski definition) is 3. The van der Waals surface area contributed by atoms with Gasteiger partial charge in [-0.05, 0) is 86.2 Å². The van der Waals surface area contributed by atoms with E-state index in [-0.39, 0.29) is 18.0 Å². The van der Waals surface area contributed by atoms with Gasteiger partial charge >= 0.3 is 11.9 Å². The molecule has 0 fully saturated rings. The van der Waals surface area contributed by atoms with E-state index in [9.17, 15) is 19.5 Å². The van der Waals surface area contributed by atoms with Crippen LogP contribution in [-0.4, -0.2) is 33.0 Å². The molecule has 0 bridgehead atoms. The maximum Gasteiger partial charge on any atom is 0.336 e. The minimum Gasteiger partial charge on any atom is -0.478 e. The third-order valence-corrected chi connectivity index (χ3v) is 9.18. The third kappa shape index (κ3) is 5.28. The zero-order chi connectivity index (χ0) is 33.4. The Morgan fingerprint density at radius 3 is 1.54 bits per heavy atom. The van der Waals surface area contributed by atoms with Crippen molar-refractivity contribution in [1.82, 2.24) is 0 Å². The molecular formula is C42H30O6. The van der Waals surface area contributed by atoms with Crippen molar-refractivity contribution in [3.05, 3.63) is 177 Å². The van der Waals surface area contributed by atoms with Crippen LogP contribution < -0.4 is 0 Å². The normalized spacial score (nSPS) is 12.1. The Morgan fingerprint density at radius 1 is 0.479 bits per heavy atom. The average molecular weight is 631 g/mol. The Balaban J connectivity index is 0.000000114. The Labute approximate surface area is 277 Å². The number of fused-ring (bicyclic) bond motifs is 9. The van der Waals surface area contributed by atoms with Crippen LogP contribution in [0.15, 0.2) is 127 Å². The number of aliphatic hydroxyl groups is 1. The topological polar surface area (TPSA) is 112 Å². The number of carbonyl (C=O) groups is 3. The van der Waals surface area contributed by atoms with Gasteiger partial charge in [0.15, 0.2) is 5.78 Å². The highest BCUT2D eigenvalue weighted by molar-refractivity contribution is 6.25. The Hall–Kier alpha value is -6.11. The number of carboxylic acids is 2. The van der Waals surface area contributed by atoms with Gasteiger partial charge in [-0.25, -0.2) is 9.59 Å². The molecule has 0 unspecified atom stereocenters. The number of benzene rings is 6. The number of carboxylic acid groups (broad SMARTS) is 2. The summed E-state index contributed by atoms with van der Waals surface area (Å²) in [6, 6.07) is 40.3. The molecule has 0 radical (unpaired) electrons. The lowest BCUT2D eigenvalue weighted by molar-refractivity contribution is 0.0684. The van der Waals surface area contributed by atoms with E-state index in [1.54, 1.807) is 30.3 Å². The van der Waals surface area contributed by atoms with Gasteiger partial charge in [0.25, 0.3) is 0 Å². The van der Waals surface area contributed by atoms with E-state index < -0.39 is 11.9 Å². The Bertz CT molecular complexity index is 2260. The van der Waals surface area contributed by atoms with Crippen molar-refractivity contribution in [2.24, 2.45) is 0 Å². The second kappa shape index (κ2) is 12.6. The van der Waals surface area contributed by atoms with E-state index in [4.69, 9.17) is 10.2 Å². The van der Waals surface area contributed by atoms with E-state index >= 15 is 0 Å². The van der Waals surface area contributed by atoms with Crippen LogP contribution in [0.4, 0.5) is 0 Å². The summed E-state index contributed by atoms with van der Waals surface area (Å²) in [4.78, 5) is 34.4. The summed E-state index contributed by atoms with van der Waals surface area (Å²) in [5.41, 5.74) is 13.6. The molecule has 9 rings (SSSR count). The van der Waals surface area contributed by atoms with Crippen LogP contribution in [0.25, 0.3) is 33.4 Å². The van der Waals surface area contributed by atoms with Crippen LogP contribution >= 0.6 is 0 Å². The molecule has 0 saturated heterocycles. The van der Waals surface area contributed by atoms with Crippen LogP contribution in [0.2, 0.25) is 0 Å². The standard InChI is InChI=1S/C14H8O3.C14H10O2.C14H12O/c15-13-10-5-2-1-4-8(10)9-6-3-7-11(12(9)13)14(16)17;15-14(16)12-7-3-6-11-10-5-2-1-4-9(10)8-13(11)12;15-9-11-5-3-7-13-12-6-2-1-4-10(12)8-14(11)13/h1-7H,(H,16,17);1-7H,8H2,(H,15,16);1-7,15H,8-9H2. The molecule has 0 atom stereocenters. The zero-order valence-electron chi connectivity index (χ0n) is 25.8. The molecule has 48 heavy (non-hydrogen) atoms. The number of carbonyl (C=O) groups excluding carboxylic acids is 1. The molecule has 6 heteroatoms. The number of hydrogen-bond acceptors (Lipinski definition) is 4. The van der Waals surface area contributed by atoms with Gasteiger partial charge in [0.1, 0.15) is 0 Å². The van der Waals surface area contributed by atoms with Crippen molar-refractivity contribution in [3.8, 4) is 33.4 Å². The summed E-state index contributed by atoms with van der Waals surface area (Å²) in [6.45, 7) is 0.136. The van der Waals surface area contributed by atoms with Crippen LogP contribution in [0.1, 0.15) is 64.5 Å². The number of aromatic carboxylic acids is 2. The second-order valence-corrected chi connectivity index (χ2v) is 11.8. The Morgan fingerprint density at radius 2 is 0.938 bits per heavy atom. The molecular weight excluding hydrogens is 600 g/mol. The van der Waals surface area contributed by atoms with E-state index in [1.165, 1.54) is 39.4 Å². The molecule has 3 N–H and O–H groups in total. The summed E-state index contributed by atoms with van der Waals surface area (Å²) < 4.78 is 0. The summed E-state index contributed by atoms with van der Waals surface area (Å²) >= 11 is 0. The molecule has 234 valence electrons. The smallest absolute Gasteiger partial charge is 0.336 e. The minimum atomic E-state index is -1.07. The molecule has 6 aromatic carbocycles. The van der Waals surface area contributed by atoms with Crippen LogP contribution in [0.5, 0.6) is 0 Å². The monoisotopic (exact) mass is 630 g/mol. The number of rotatable bonds is 3. The van der Waals surface area contributed by atoms with E-state index in [0.717, 1.165) is 35.1 Å². The summed E-state index contributed by atoms with van der Waals surface area (Å²) in [7, 11) is 0. The maximum absolute atomic E-state index is 12.1. The molecule has 6 nitrogen and oxygen atoms in total. The lowest BCUT2D eigenvalue weighted by atomic mass is 10.0. The van der Waals surface area contributed by atoms with Gasteiger partial charge in [0.2, 0.25) is 0 Å². The van der Waals surface area contributed by atoms with Gasteiger partial charge in [-0.1, -0.05) is 115 Å². The molecule has 0 saturated carbocycles. The predicted molar refractivity (Wildman–Crippen MR) is 185 cm³/mol. The quantitative estimate of drug-likeness (QED) is 0.181. The fourth-order valence-electron chi connectivity index (χ4n) is 6.98. The first-order valence-electron chi connectivity index (χ1n) is 15.6. The highest BCUT2D eigenvalue weighted by Gasteiger charge is 2.30. The van der Waals surface area contributed by atoms with Crippen LogP contribution in [0.3, 0.4) is 0 Å². The first kappa shape index (κ1) is 30.5.